The van der Waals surface area contributed by atoms with E-state index in [0.29, 0.717) is 12.3 Å². The fourth-order valence-electron chi connectivity index (χ4n) is 3.64. The number of rotatable bonds is 4. The number of piperidine rings is 1. The van der Waals surface area contributed by atoms with E-state index >= 15 is 0 Å². The number of hydrogen-bond donors (Lipinski definition) is 1. The molecule has 0 bridgehead atoms. The molecule has 0 aromatic rings. The van der Waals surface area contributed by atoms with E-state index in [-0.39, 0.29) is 11.8 Å². The quantitative estimate of drug-likeness (QED) is 0.844. The Morgan fingerprint density at radius 1 is 1.10 bits per heavy atom. The minimum absolute atomic E-state index is 0.0817. The van der Waals surface area contributed by atoms with Gasteiger partial charge in [-0.25, -0.2) is 0 Å². The van der Waals surface area contributed by atoms with E-state index in [2.05, 4.69) is 19.0 Å². The van der Waals surface area contributed by atoms with Crippen LogP contribution < -0.4 is 0 Å². The third kappa shape index (κ3) is 3.51. The molecule has 1 aliphatic carbocycles. The highest BCUT2D eigenvalue weighted by molar-refractivity contribution is 5.85. The van der Waals surface area contributed by atoms with Crippen LogP contribution in [0.1, 0.15) is 32.1 Å². The van der Waals surface area contributed by atoms with Gasteiger partial charge in [-0.1, -0.05) is 6.42 Å². The average molecular weight is 282 g/mol. The van der Waals surface area contributed by atoms with Crippen molar-refractivity contribution >= 4 is 11.9 Å². The third-order valence-corrected chi connectivity index (χ3v) is 4.70. The summed E-state index contributed by atoms with van der Waals surface area (Å²) in [4.78, 5) is 27.8. The van der Waals surface area contributed by atoms with Crippen molar-refractivity contribution in [1.29, 1.82) is 0 Å². The zero-order valence-electron chi connectivity index (χ0n) is 12.5. The molecule has 2 aliphatic rings. The molecule has 1 amide bonds. The van der Waals surface area contributed by atoms with Gasteiger partial charge >= 0.3 is 5.97 Å². The molecule has 2 fully saturated rings. The van der Waals surface area contributed by atoms with E-state index in [1.54, 1.807) is 0 Å². The maximum atomic E-state index is 12.5. The lowest BCUT2D eigenvalue weighted by atomic mass is 9.91. The number of amides is 1. The van der Waals surface area contributed by atoms with Crippen LogP contribution in [0.15, 0.2) is 0 Å². The SMILES string of the molecule is CN(C)CC1CCN(C(=O)C2CCCC2C(=O)O)CC1. The van der Waals surface area contributed by atoms with Crippen molar-refractivity contribution in [3.63, 3.8) is 0 Å². The highest BCUT2D eigenvalue weighted by Crippen LogP contribution is 2.34. The molecule has 2 rings (SSSR count). The van der Waals surface area contributed by atoms with Crippen molar-refractivity contribution < 1.29 is 14.7 Å². The molecule has 0 spiro atoms. The molecule has 1 aliphatic heterocycles. The number of carboxylic acid groups (broad SMARTS) is 1. The van der Waals surface area contributed by atoms with Gasteiger partial charge in [-0.3, -0.25) is 9.59 Å². The van der Waals surface area contributed by atoms with Gasteiger partial charge in [-0.2, -0.15) is 0 Å². The van der Waals surface area contributed by atoms with Crippen LogP contribution in [-0.4, -0.2) is 60.5 Å². The Morgan fingerprint density at radius 3 is 2.25 bits per heavy atom. The molecule has 5 nitrogen and oxygen atoms in total. The predicted molar refractivity (Wildman–Crippen MR) is 76.3 cm³/mol. The smallest absolute Gasteiger partial charge is 0.307 e. The van der Waals surface area contributed by atoms with Gasteiger partial charge in [-0.15, -0.1) is 0 Å². The topological polar surface area (TPSA) is 60.9 Å². The number of carbonyl (C=O) groups excluding carboxylic acids is 1. The molecule has 2 atom stereocenters. The predicted octanol–water partition coefficient (Wildman–Crippen LogP) is 1.29. The van der Waals surface area contributed by atoms with Gasteiger partial charge in [0.25, 0.3) is 0 Å². The Labute approximate surface area is 120 Å². The Bertz CT molecular complexity index is 362. The highest BCUT2D eigenvalue weighted by Gasteiger charge is 2.40. The standard InChI is InChI=1S/C15H26N2O3/c1-16(2)10-11-6-8-17(9-7-11)14(18)12-4-3-5-13(12)15(19)20/h11-13H,3-10H2,1-2H3,(H,19,20). The number of carboxylic acids is 1. The summed E-state index contributed by atoms with van der Waals surface area (Å²) in [5.74, 6) is -0.797. The maximum absolute atomic E-state index is 12.5. The molecular formula is C15H26N2O3. The molecule has 114 valence electrons. The lowest BCUT2D eigenvalue weighted by Gasteiger charge is -2.35. The van der Waals surface area contributed by atoms with Gasteiger partial charge in [0.2, 0.25) is 5.91 Å². The van der Waals surface area contributed by atoms with Gasteiger partial charge in [-0.05, 0) is 45.7 Å². The fraction of sp³-hybridized carbons (Fsp3) is 0.867. The van der Waals surface area contributed by atoms with Crippen LogP contribution in [0.4, 0.5) is 0 Å². The van der Waals surface area contributed by atoms with Crippen LogP contribution >= 0.6 is 0 Å². The van der Waals surface area contributed by atoms with Crippen molar-refractivity contribution in [1.82, 2.24) is 9.80 Å². The summed E-state index contributed by atoms with van der Waals surface area (Å²) in [6.07, 6.45) is 4.34. The molecule has 0 radical (unpaired) electrons. The van der Waals surface area contributed by atoms with Crippen LogP contribution in [-0.2, 0) is 9.59 Å². The summed E-state index contributed by atoms with van der Waals surface area (Å²) in [5.41, 5.74) is 0. The summed E-state index contributed by atoms with van der Waals surface area (Å²) in [7, 11) is 4.15. The number of carbonyl (C=O) groups is 2. The van der Waals surface area contributed by atoms with E-state index in [0.717, 1.165) is 45.3 Å². The lowest BCUT2D eigenvalue weighted by molar-refractivity contribution is -0.149. The molecule has 2 unspecified atom stereocenters. The van der Waals surface area contributed by atoms with E-state index in [1.165, 1.54) is 0 Å². The van der Waals surface area contributed by atoms with Crippen molar-refractivity contribution in [3.8, 4) is 0 Å². The van der Waals surface area contributed by atoms with Gasteiger partial charge in [0, 0.05) is 19.6 Å². The Balaban J connectivity index is 1.87. The fourth-order valence-corrected chi connectivity index (χ4v) is 3.64. The van der Waals surface area contributed by atoms with Crippen LogP contribution in [0, 0.1) is 17.8 Å². The van der Waals surface area contributed by atoms with Crippen molar-refractivity contribution in [2.75, 3.05) is 33.7 Å². The monoisotopic (exact) mass is 282 g/mol. The Kier molecular flexibility index (Phi) is 5.02. The Hall–Kier alpha value is -1.10. The molecule has 0 aromatic carbocycles. The first-order chi connectivity index (χ1) is 9.49. The van der Waals surface area contributed by atoms with E-state index < -0.39 is 11.9 Å². The van der Waals surface area contributed by atoms with Crippen molar-refractivity contribution in [3.05, 3.63) is 0 Å². The van der Waals surface area contributed by atoms with Crippen molar-refractivity contribution in [2.45, 2.75) is 32.1 Å². The third-order valence-electron chi connectivity index (χ3n) is 4.70. The molecule has 1 saturated carbocycles. The summed E-state index contributed by atoms with van der Waals surface area (Å²) < 4.78 is 0. The van der Waals surface area contributed by atoms with Crippen molar-refractivity contribution in [2.24, 2.45) is 17.8 Å². The van der Waals surface area contributed by atoms with E-state index in [4.69, 9.17) is 0 Å². The molecule has 0 aromatic heterocycles. The molecule has 1 saturated heterocycles. The van der Waals surface area contributed by atoms with Gasteiger partial charge in [0.15, 0.2) is 0 Å². The van der Waals surface area contributed by atoms with Gasteiger partial charge < -0.3 is 14.9 Å². The lowest BCUT2D eigenvalue weighted by Crippen LogP contribution is -2.44. The van der Waals surface area contributed by atoms with Crippen LogP contribution in [0.3, 0.4) is 0 Å². The average Bonchev–Trinajstić information content (AvgIpc) is 2.87. The largest absolute Gasteiger partial charge is 0.481 e. The second-order valence-electron chi connectivity index (χ2n) is 6.51. The second kappa shape index (κ2) is 6.57. The molecule has 20 heavy (non-hydrogen) atoms. The first-order valence-electron chi connectivity index (χ1n) is 7.65. The summed E-state index contributed by atoms with van der Waals surface area (Å²) >= 11 is 0. The minimum atomic E-state index is -0.802. The molecule has 5 heteroatoms. The zero-order chi connectivity index (χ0) is 14.7. The Morgan fingerprint density at radius 2 is 1.70 bits per heavy atom. The number of likely N-dealkylation sites (tertiary alicyclic amines) is 1. The summed E-state index contributed by atoms with van der Waals surface area (Å²) in [5, 5.41) is 9.20. The number of aliphatic carboxylic acids is 1. The summed E-state index contributed by atoms with van der Waals surface area (Å²) in [6, 6.07) is 0. The highest BCUT2D eigenvalue weighted by atomic mass is 16.4. The van der Waals surface area contributed by atoms with Gasteiger partial charge in [0.05, 0.1) is 11.8 Å². The number of hydrogen-bond acceptors (Lipinski definition) is 3. The number of nitrogens with zero attached hydrogens (tertiary/aromatic N) is 2. The zero-order valence-corrected chi connectivity index (χ0v) is 12.5. The molecular weight excluding hydrogens is 256 g/mol. The molecule has 1 N–H and O–H groups in total. The van der Waals surface area contributed by atoms with E-state index in [9.17, 15) is 14.7 Å². The second-order valence-corrected chi connectivity index (χ2v) is 6.51. The van der Waals surface area contributed by atoms with E-state index in [1.807, 2.05) is 4.90 Å². The van der Waals surface area contributed by atoms with Crippen LogP contribution in [0.2, 0.25) is 0 Å². The first kappa shape index (κ1) is 15.3. The summed E-state index contributed by atoms with van der Waals surface area (Å²) in [6.45, 7) is 2.66. The molecule has 1 heterocycles. The van der Waals surface area contributed by atoms with Crippen LogP contribution in [0.5, 0.6) is 0 Å². The van der Waals surface area contributed by atoms with Crippen LogP contribution in [0.25, 0.3) is 0 Å². The van der Waals surface area contributed by atoms with Gasteiger partial charge in [0.1, 0.15) is 0 Å². The normalized spacial score (nSPS) is 28.1. The maximum Gasteiger partial charge on any atom is 0.307 e. The first-order valence-corrected chi connectivity index (χ1v) is 7.65. The minimum Gasteiger partial charge on any atom is -0.481 e.